The summed E-state index contributed by atoms with van der Waals surface area (Å²) in [6.45, 7) is 1.71. The zero-order chi connectivity index (χ0) is 27.3. The molecule has 13 heteroatoms. The van der Waals surface area contributed by atoms with E-state index in [4.69, 9.17) is 0 Å². The first-order valence-electron chi connectivity index (χ1n) is 11.5. The summed E-state index contributed by atoms with van der Waals surface area (Å²) in [5.41, 5.74) is -2.17. The quantitative estimate of drug-likeness (QED) is 0.553. The standard InChI is InChI=1S/C24H24F5N3O4S/c1-12-3-6-20(32(12)23(34)14-7-15(11-30-10-14)37(2,35)36)22(33)31-21(13-4-5-13)16-8-19(26)17(9-18(16)25)24(27,28)29/h7-13,20-21H,3-6H2,1-2H3,(H,31,33)/t12-,20-,21-/m1/s1. The number of likely N-dealkylation sites (tertiary alicyclic amines) is 1. The van der Waals surface area contributed by atoms with E-state index in [2.05, 4.69) is 10.3 Å². The van der Waals surface area contributed by atoms with Crippen LogP contribution in [0.1, 0.15) is 60.1 Å². The van der Waals surface area contributed by atoms with E-state index in [1.54, 1.807) is 6.92 Å². The molecular formula is C24H24F5N3O4S. The fourth-order valence-corrected chi connectivity index (χ4v) is 5.21. The summed E-state index contributed by atoms with van der Waals surface area (Å²) in [5, 5.41) is 2.62. The minimum absolute atomic E-state index is 0.0379. The Balaban J connectivity index is 1.60. The van der Waals surface area contributed by atoms with Crippen molar-refractivity contribution >= 4 is 21.7 Å². The number of nitrogens with one attached hydrogen (secondary N) is 1. The second-order valence-corrected chi connectivity index (χ2v) is 11.5. The van der Waals surface area contributed by atoms with Crippen LogP contribution in [0.3, 0.4) is 0 Å². The molecule has 0 radical (unpaired) electrons. The molecule has 1 N–H and O–H groups in total. The first kappa shape index (κ1) is 27.0. The van der Waals surface area contributed by atoms with Crippen molar-refractivity contribution < 1.29 is 40.0 Å². The van der Waals surface area contributed by atoms with Gasteiger partial charge in [0.05, 0.1) is 22.1 Å². The van der Waals surface area contributed by atoms with Crippen molar-refractivity contribution in [3.05, 3.63) is 58.9 Å². The Labute approximate surface area is 210 Å². The number of hydrogen-bond donors (Lipinski definition) is 1. The van der Waals surface area contributed by atoms with Crippen LogP contribution >= 0.6 is 0 Å². The Bertz CT molecular complexity index is 1340. The number of amides is 2. The number of halogens is 5. The van der Waals surface area contributed by atoms with E-state index in [9.17, 15) is 40.0 Å². The highest BCUT2D eigenvalue weighted by atomic mass is 32.2. The molecule has 0 bridgehead atoms. The maximum Gasteiger partial charge on any atom is 0.419 e. The third-order valence-electron chi connectivity index (χ3n) is 6.71. The van der Waals surface area contributed by atoms with Gasteiger partial charge in [-0.1, -0.05) is 0 Å². The lowest BCUT2D eigenvalue weighted by molar-refractivity contribution is -0.140. The summed E-state index contributed by atoms with van der Waals surface area (Å²) in [7, 11) is -3.64. The number of hydrogen-bond acceptors (Lipinski definition) is 5. The van der Waals surface area contributed by atoms with Gasteiger partial charge in [-0.25, -0.2) is 17.2 Å². The Morgan fingerprint density at radius 2 is 1.73 bits per heavy atom. The smallest absolute Gasteiger partial charge is 0.347 e. The minimum atomic E-state index is -5.08. The normalized spacial score (nSPS) is 21.1. The predicted molar refractivity (Wildman–Crippen MR) is 121 cm³/mol. The molecule has 4 rings (SSSR count). The van der Waals surface area contributed by atoms with Gasteiger partial charge in [0, 0.05) is 30.3 Å². The van der Waals surface area contributed by atoms with Gasteiger partial charge in [-0.05, 0) is 56.7 Å². The summed E-state index contributed by atoms with van der Waals surface area (Å²) >= 11 is 0. The van der Waals surface area contributed by atoms with Crippen LogP contribution in [0.2, 0.25) is 0 Å². The Hall–Kier alpha value is -3.09. The molecule has 1 aromatic heterocycles. The molecule has 2 aromatic rings. The number of benzene rings is 1. The lowest BCUT2D eigenvalue weighted by atomic mass is 9.98. The van der Waals surface area contributed by atoms with Crippen LogP contribution in [0.4, 0.5) is 22.0 Å². The van der Waals surface area contributed by atoms with Crippen molar-refractivity contribution in [2.24, 2.45) is 5.92 Å². The fourth-order valence-electron chi connectivity index (χ4n) is 4.62. The van der Waals surface area contributed by atoms with Crippen molar-refractivity contribution in [1.82, 2.24) is 15.2 Å². The van der Waals surface area contributed by atoms with Gasteiger partial charge in [-0.15, -0.1) is 0 Å². The van der Waals surface area contributed by atoms with Crippen molar-refractivity contribution in [1.29, 1.82) is 0 Å². The summed E-state index contributed by atoms with van der Waals surface area (Å²) in [6.07, 6.45) is -0.0207. The molecule has 2 aliphatic rings. The highest BCUT2D eigenvalue weighted by Crippen LogP contribution is 2.43. The van der Waals surface area contributed by atoms with E-state index in [0.29, 0.717) is 25.3 Å². The van der Waals surface area contributed by atoms with Crippen molar-refractivity contribution in [2.75, 3.05) is 6.26 Å². The number of pyridine rings is 1. The first-order chi connectivity index (χ1) is 17.2. The average molecular weight is 546 g/mol. The molecule has 7 nitrogen and oxygen atoms in total. The van der Waals surface area contributed by atoms with Crippen LogP contribution in [0.25, 0.3) is 0 Å². The van der Waals surface area contributed by atoms with Gasteiger partial charge in [0.1, 0.15) is 17.7 Å². The molecule has 37 heavy (non-hydrogen) atoms. The number of sulfone groups is 1. The average Bonchev–Trinajstić information content (AvgIpc) is 3.58. The topological polar surface area (TPSA) is 96.4 Å². The molecule has 1 aliphatic carbocycles. The third-order valence-corrected chi connectivity index (χ3v) is 7.79. The van der Waals surface area contributed by atoms with Gasteiger partial charge >= 0.3 is 6.18 Å². The molecule has 1 saturated carbocycles. The van der Waals surface area contributed by atoms with Crippen molar-refractivity contribution in [3.63, 3.8) is 0 Å². The number of alkyl halides is 3. The fraction of sp³-hybridized carbons (Fsp3) is 0.458. The second-order valence-electron chi connectivity index (χ2n) is 9.51. The molecule has 0 unspecified atom stereocenters. The summed E-state index contributed by atoms with van der Waals surface area (Å²) in [4.78, 5) is 31.5. The molecule has 2 fully saturated rings. The number of carbonyl (C=O) groups excluding carboxylic acids is 2. The van der Waals surface area contributed by atoms with Gasteiger partial charge in [-0.3, -0.25) is 14.6 Å². The monoisotopic (exact) mass is 545 g/mol. The van der Waals surface area contributed by atoms with Gasteiger partial charge in [-0.2, -0.15) is 13.2 Å². The summed E-state index contributed by atoms with van der Waals surface area (Å²) < 4.78 is 91.6. The lowest BCUT2D eigenvalue weighted by Gasteiger charge is -2.30. The summed E-state index contributed by atoms with van der Waals surface area (Å²) in [5.74, 6) is -4.52. The van der Waals surface area contributed by atoms with Crippen LogP contribution in [0, 0.1) is 17.6 Å². The largest absolute Gasteiger partial charge is 0.419 e. The molecule has 3 atom stereocenters. The molecule has 2 heterocycles. The van der Waals surface area contributed by atoms with Crippen LogP contribution in [0.5, 0.6) is 0 Å². The summed E-state index contributed by atoms with van der Waals surface area (Å²) in [6, 6.07) is -0.770. The predicted octanol–water partition coefficient (Wildman–Crippen LogP) is 4.04. The van der Waals surface area contributed by atoms with E-state index < -0.39 is 68.7 Å². The van der Waals surface area contributed by atoms with Crippen LogP contribution in [0.15, 0.2) is 35.5 Å². The Morgan fingerprint density at radius 3 is 2.32 bits per heavy atom. The molecule has 1 aromatic carbocycles. The number of rotatable bonds is 6. The maximum atomic E-state index is 14.7. The number of carbonyl (C=O) groups is 2. The van der Waals surface area contributed by atoms with Gasteiger partial charge < -0.3 is 10.2 Å². The minimum Gasteiger partial charge on any atom is -0.347 e. The lowest BCUT2D eigenvalue weighted by Crippen LogP contribution is -2.49. The van der Waals surface area contributed by atoms with E-state index in [1.165, 1.54) is 11.1 Å². The number of aromatic nitrogens is 1. The molecule has 200 valence electrons. The van der Waals surface area contributed by atoms with E-state index in [1.807, 2.05) is 0 Å². The van der Waals surface area contributed by atoms with Crippen LogP contribution in [-0.2, 0) is 20.8 Å². The van der Waals surface area contributed by atoms with Crippen LogP contribution < -0.4 is 5.32 Å². The molecule has 1 saturated heterocycles. The SMILES string of the molecule is C[C@@H]1CC[C@H](C(=O)N[C@@H](c2cc(F)c(C(F)(F)F)cc2F)C2CC2)N1C(=O)c1cncc(S(C)(=O)=O)c1. The van der Waals surface area contributed by atoms with Gasteiger partial charge in [0.25, 0.3) is 5.91 Å². The molecule has 1 aliphatic heterocycles. The Kier molecular flexibility index (Phi) is 7.04. The highest BCUT2D eigenvalue weighted by molar-refractivity contribution is 7.90. The zero-order valence-electron chi connectivity index (χ0n) is 19.9. The Morgan fingerprint density at radius 1 is 1.05 bits per heavy atom. The van der Waals surface area contributed by atoms with Crippen LogP contribution in [-0.4, -0.2) is 48.5 Å². The van der Waals surface area contributed by atoms with Gasteiger partial charge in [0.15, 0.2) is 9.84 Å². The van der Waals surface area contributed by atoms with Gasteiger partial charge in [0.2, 0.25) is 5.91 Å². The van der Waals surface area contributed by atoms with Crippen molar-refractivity contribution in [3.8, 4) is 0 Å². The number of nitrogens with zero attached hydrogens (tertiary/aromatic N) is 2. The third kappa shape index (κ3) is 5.60. The van der Waals surface area contributed by atoms with E-state index in [-0.39, 0.29) is 28.9 Å². The zero-order valence-corrected chi connectivity index (χ0v) is 20.7. The first-order valence-corrected chi connectivity index (χ1v) is 13.4. The molecular weight excluding hydrogens is 521 g/mol. The molecule has 0 spiro atoms. The van der Waals surface area contributed by atoms with Crippen molar-refractivity contribution in [2.45, 2.75) is 61.8 Å². The maximum absolute atomic E-state index is 14.7. The molecule has 2 amide bonds. The highest BCUT2D eigenvalue weighted by Gasteiger charge is 2.43. The second kappa shape index (κ2) is 9.66. The van der Waals surface area contributed by atoms with E-state index in [0.717, 1.165) is 18.5 Å². The van der Waals surface area contributed by atoms with E-state index >= 15 is 0 Å².